The summed E-state index contributed by atoms with van der Waals surface area (Å²) in [6.07, 6.45) is 5.25. The molecular weight excluding hydrogens is 210 g/mol. The quantitative estimate of drug-likeness (QED) is 0.742. The first-order chi connectivity index (χ1) is 8.08. The van der Waals surface area contributed by atoms with Crippen molar-refractivity contribution in [2.75, 3.05) is 6.54 Å². The highest BCUT2D eigenvalue weighted by Gasteiger charge is 2.12. The fraction of sp³-hybridized carbons (Fsp3) is 0.733. The van der Waals surface area contributed by atoms with E-state index in [9.17, 15) is 0 Å². The number of hydrogen-bond acceptors (Lipinski definition) is 2. The summed E-state index contributed by atoms with van der Waals surface area (Å²) < 4.78 is 5.34. The van der Waals surface area contributed by atoms with Gasteiger partial charge in [0.25, 0.3) is 0 Å². The van der Waals surface area contributed by atoms with Crippen molar-refractivity contribution in [3.63, 3.8) is 0 Å². The minimum absolute atomic E-state index is 0.643. The van der Waals surface area contributed by atoms with Crippen molar-refractivity contribution >= 4 is 0 Å². The first-order valence-electron chi connectivity index (χ1n) is 6.83. The summed E-state index contributed by atoms with van der Waals surface area (Å²) in [5.41, 5.74) is 0. The lowest BCUT2D eigenvalue weighted by atomic mass is 9.95. The van der Waals surface area contributed by atoms with Crippen LogP contribution in [0.2, 0.25) is 0 Å². The second-order valence-corrected chi connectivity index (χ2v) is 5.74. The van der Waals surface area contributed by atoms with E-state index in [1.54, 1.807) is 6.26 Å². The molecule has 1 rings (SSSR count). The molecule has 0 saturated heterocycles. The van der Waals surface area contributed by atoms with Crippen molar-refractivity contribution in [2.24, 2.45) is 11.8 Å². The molecule has 0 unspecified atom stereocenters. The molecule has 0 spiro atoms. The predicted octanol–water partition coefficient (Wildman–Crippen LogP) is 3.87. The Morgan fingerprint density at radius 1 is 1.12 bits per heavy atom. The van der Waals surface area contributed by atoms with Gasteiger partial charge in [0, 0.05) is 19.0 Å². The molecule has 2 heteroatoms. The molecule has 0 aliphatic rings. The Hall–Kier alpha value is -0.760. The minimum atomic E-state index is 0.643. The van der Waals surface area contributed by atoms with Crippen LogP contribution in [0.25, 0.3) is 0 Å². The van der Waals surface area contributed by atoms with Crippen LogP contribution >= 0.6 is 0 Å². The van der Waals surface area contributed by atoms with E-state index in [4.69, 9.17) is 4.42 Å². The van der Waals surface area contributed by atoms with E-state index in [0.717, 1.165) is 30.6 Å². The van der Waals surface area contributed by atoms with Gasteiger partial charge >= 0.3 is 0 Å². The average Bonchev–Trinajstić information content (AvgIpc) is 2.68. The SMILES string of the molecule is CC(C)CC(CC(C)C)NCCc1ccco1. The smallest absolute Gasteiger partial charge is 0.105 e. The third kappa shape index (κ3) is 6.52. The predicted molar refractivity (Wildman–Crippen MR) is 73.1 cm³/mol. The van der Waals surface area contributed by atoms with Gasteiger partial charge in [0.05, 0.1) is 6.26 Å². The van der Waals surface area contributed by atoms with Crippen LogP contribution in [0.3, 0.4) is 0 Å². The molecule has 0 aliphatic carbocycles. The van der Waals surface area contributed by atoms with Gasteiger partial charge in [-0.15, -0.1) is 0 Å². The van der Waals surface area contributed by atoms with E-state index in [1.165, 1.54) is 12.8 Å². The van der Waals surface area contributed by atoms with Gasteiger partial charge in [0.2, 0.25) is 0 Å². The Morgan fingerprint density at radius 3 is 2.24 bits per heavy atom. The molecule has 0 aromatic carbocycles. The van der Waals surface area contributed by atoms with Gasteiger partial charge in [-0.25, -0.2) is 0 Å². The van der Waals surface area contributed by atoms with Gasteiger partial charge in [-0.1, -0.05) is 27.7 Å². The van der Waals surface area contributed by atoms with Crippen molar-refractivity contribution < 1.29 is 4.42 Å². The van der Waals surface area contributed by atoms with E-state index in [-0.39, 0.29) is 0 Å². The minimum Gasteiger partial charge on any atom is -0.469 e. The summed E-state index contributed by atoms with van der Waals surface area (Å²) in [4.78, 5) is 0. The average molecular weight is 237 g/mol. The van der Waals surface area contributed by atoms with Gasteiger partial charge in [-0.2, -0.15) is 0 Å². The van der Waals surface area contributed by atoms with E-state index < -0.39 is 0 Å². The largest absolute Gasteiger partial charge is 0.469 e. The van der Waals surface area contributed by atoms with Crippen molar-refractivity contribution in [3.8, 4) is 0 Å². The zero-order valence-electron chi connectivity index (χ0n) is 11.7. The van der Waals surface area contributed by atoms with E-state index >= 15 is 0 Å². The lowest BCUT2D eigenvalue weighted by Gasteiger charge is -2.22. The molecule has 0 amide bonds. The van der Waals surface area contributed by atoms with Gasteiger partial charge < -0.3 is 9.73 Å². The Bertz CT molecular complexity index is 267. The van der Waals surface area contributed by atoms with Gasteiger partial charge in [0.15, 0.2) is 0 Å². The van der Waals surface area contributed by atoms with Crippen LogP contribution in [-0.2, 0) is 6.42 Å². The molecule has 0 aliphatic heterocycles. The lowest BCUT2D eigenvalue weighted by Crippen LogP contribution is -2.33. The molecule has 0 radical (unpaired) electrons. The molecular formula is C15H27NO. The highest BCUT2D eigenvalue weighted by molar-refractivity contribution is 4.98. The van der Waals surface area contributed by atoms with Gasteiger partial charge in [0.1, 0.15) is 5.76 Å². The molecule has 1 N–H and O–H groups in total. The van der Waals surface area contributed by atoms with E-state index in [2.05, 4.69) is 33.0 Å². The molecule has 1 heterocycles. The molecule has 0 saturated carbocycles. The normalized spacial score (nSPS) is 11.9. The van der Waals surface area contributed by atoms with Crippen molar-refractivity contribution in [1.29, 1.82) is 0 Å². The maximum absolute atomic E-state index is 5.34. The molecule has 1 aromatic heterocycles. The second kappa shape index (κ2) is 7.54. The third-order valence-electron chi connectivity index (χ3n) is 2.90. The van der Waals surface area contributed by atoms with Gasteiger partial charge in [-0.05, 0) is 36.8 Å². The Balaban J connectivity index is 2.27. The van der Waals surface area contributed by atoms with Crippen LogP contribution in [0, 0.1) is 11.8 Å². The van der Waals surface area contributed by atoms with Crippen LogP contribution in [-0.4, -0.2) is 12.6 Å². The standard InChI is InChI=1S/C15H27NO/c1-12(2)10-14(11-13(3)4)16-8-7-15-6-5-9-17-15/h5-6,9,12-14,16H,7-8,10-11H2,1-4H3. The molecule has 2 nitrogen and oxygen atoms in total. The highest BCUT2D eigenvalue weighted by Crippen LogP contribution is 2.13. The monoisotopic (exact) mass is 237 g/mol. The Morgan fingerprint density at radius 2 is 1.76 bits per heavy atom. The summed E-state index contributed by atoms with van der Waals surface area (Å²) in [6, 6.07) is 4.64. The molecule has 98 valence electrons. The summed E-state index contributed by atoms with van der Waals surface area (Å²) in [7, 11) is 0. The van der Waals surface area contributed by atoms with E-state index in [1.807, 2.05) is 12.1 Å². The number of rotatable bonds is 8. The molecule has 0 bridgehead atoms. The lowest BCUT2D eigenvalue weighted by molar-refractivity contribution is 0.357. The summed E-state index contributed by atoms with van der Waals surface area (Å²) in [6.45, 7) is 10.2. The summed E-state index contributed by atoms with van der Waals surface area (Å²) >= 11 is 0. The fourth-order valence-electron chi connectivity index (χ4n) is 2.26. The second-order valence-electron chi connectivity index (χ2n) is 5.74. The zero-order valence-corrected chi connectivity index (χ0v) is 11.7. The number of nitrogens with one attached hydrogen (secondary N) is 1. The van der Waals surface area contributed by atoms with Crippen LogP contribution < -0.4 is 5.32 Å². The van der Waals surface area contributed by atoms with Crippen LogP contribution in [0.15, 0.2) is 22.8 Å². The Labute approximate surface area is 106 Å². The zero-order chi connectivity index (χ0) is 12.7. The molecule has 0 atom stereocenters. The third-order valence-corrected chi connectivity index (χ3v) is 2.90. The topological polar surface area (TPSA) is 25.2 Å². The van der Waals surface area contributed by atoms with Gasteiger partial charge in [-0.3, -0.25) is 0 Å². The van der Waals surface area contributed by atoms with E-state index in [0.29, 0.717) is 6.04 Å². The fourth-order valence-corrected chi connectivity index (χ4v) is 2.26. The van der Waals surface area contributed by atoms with Crippen LogP contribution in [0.4, 0.5) is 0 Å². The highest BCUT2D eigenvalue weighted by atomic mass is 16.3. The number of hydrogen-bond donors (Lipinski definition) is 1. The molecule has 1 aromatic rings. The van der Waals surface area contributed by atoms with Crippen molar-refractivity contribution in [1.82, 2.24) is 5.32 Å². The first kappa shape index (κ1) is 14.3. The molecule has 17 heavy (non-hydrogen) atoms. The Kier molecular flexibility index (Phi) is 6.35. The maximum atomic E-state index is 5.34. The first-order valence-corrected chi connectivity index (χ1v) is 6.83. The summed E-state index contributed by atoms with van der Waals surface area (Å²) in [5, 5.41) is 3.66. The number of furan rings is 1. The molecule has 0 fully saturated rings. The van der Waals surface area contributed by atoms with Crippen molar-refractivity contribution in [3.05, 3.63) is 24.2 Å². The summed E-state index contributed by atoms with van der Waals surface area (Å²) in [5.74, 6) is 2.59. The van der Waals surface area contributed by atoms with Crippen LogP contribution in [0.5, 0.6) is 0 Å². The maximum Gasteiger partial charge on any atom is 0.105 e. The van der Waals surface area contributed by atoms with Crippen LogP contribution in [0.1, 0.15) is 46.3 Å². The van der Waals surface area contributed by atoms with Crippen molar-refractivity contribution in [2.45, 2.75) is 53.0 Å².